The predicted molar refractivity (Wildman–Crippen MR) is 58.2 cm³/mol. The van der Waals surface area contributed by atoms with Gasteiger partial charge in [-0.15, -0.1) is 0 Å². The van der Waals surface area contributed by atoms with Crippen LogP contribution in [0.25, 0.3) is 0 Å². The van der Waals surface area contributed by atoms with Gasteiger partial charge < -0.3 is 14.8 Å². The van der Waals surface area contributed by atoms with E-state index in [9.17, 15) is 0 Å². The second kappa shape index (κ2) is 4.11. The minimum absolute atomic E-state index is 0.257. The predicted octanol–water partition coefficient (Wildman–Crippen LogP) is 1.61. The zero-order valence-electron chi connectivity index (χ0n) is 7.99. The topological polar surface area (TPSA) is 30.5 Å². The average Bonchev–Trinajstić information content (AvgIpc) is 2.66. The zero-order valence-corrected chi connectivity index (χ0v) is 8.88. The maximum absolute atomic E-state index is 5.30. The first-order valence-electron chi connectivity index (χ1n) is 4.53. The molecule has 3 nitrogen and oxygen atoms in total. The molecule has 0 saturated carbocycles. The highest BCUT2D eigenvalue weighted by atomic mass is 32.1. The van der Waals surface area contributed by atoms with Crippen LogP contribution in [0.1, 0.15) is 11.6 Å². The standard InChI is InChI=1S/C10H13NO2S/c1-11-8(5-14)7-2-3-9-10(4-7)13-6-12-9/h2-4,8,11,14H,5-6H2,1H3. The van der Waals surface area contributed by atoms with E-state index in [2.05, 4.69) is 17.9 Å². The molecular weight excluding hydrogens is 198 g/mol. The van der Waals surface area contributed by atoms with E-state index in [1.807, 2.05) is 25.2 Å². The lowest BCUT2D eigenvalue weighted by Crippen LogP contribution is -2.17. The van der Waals surface area contributed by atoms with Crippen molar-refractivity contribution in [1.29, 1.82) is 0 Å². The summed E-state index contributed by atoms with van der Waals surface area (Å²) in [6, 6.07) is 6.23. The Morgan fingerprint density at radius 3 is 2.93 bits per heavy atom. The summed E-state index contributed by atoms with van der Waals surface area (Å²) in [5.74, 6) is 2.41. The summed E-state index contributed by atoms with van der Waals surface area (Å²) in [6.07, 6.45) is 0. The molecule has 1 heterocycles. The first kappa shape index (κ1) is 9.68. The van der Waals surface area contributed by atoms with E-state index in [4.69, 9.17) is 9.47 Å². The highest BCUT2D eigenvalue weighted by molar-refractivity contribution is 7.80. The van der Waals surface area contributed by atoms with Crippen LogP contribution in [0.4, 0.5) is 0 Å². The fourth-order valence-electron chi connectivity index (χ4n) is 1.49. The smallest absolute Gasteiger partial charge is 0.231 e. The van der Waals surface area contributed by atoms with Crippen molar-refractivity contribution in [1.82, 2.24) is 5.32 Å². The average molecular weight is 211 g/mol. The zero-order chi connectivity index (χ0) is 9.97. The Morgan fingerprint density at radius 1 is 1.43 bits per heavy atom. The van der Waals surface area contributed by atoms with Crippen LogP contribution < -0.4 is 14.8 Å². The molecule has 0 radical (unpaired) electrons. The van der Waals surface area contributed by atoms with Gasteiger partial charge >= 0.3 is 0 Å². The molecule has 1 unspecified atom stereocenters. The third-order valence-corrected chi connectivity index (χ3v) is 2.70. The molecule has 0 aromatic heterocycles. The lowest BCUT2D eigenvalue weighted by Gasteiger charge is -2.13. The van der Waals surface area contributed by atoms with Gasteiger partial charge in [-0.2, -0.15) is 12.6 Å². The molecule has 1 aromatic carbocycles. The third kappa shape index (κ3) is 1.67. The molecule has 1 N–H and O–H groups in total. The number of fused-ring (bicyclic) bond motifs is 1. The van der Waals surface area contributed by atoms with Crippen LogP contribution in [0.15, 0.2) is 18.2 Å². The van der Waals surface area contributed by atoms with E-state index in [1.54, 1.807) is 0 Å². The van der Waals surface area contributed by atoms with E-state index in [-0.39, 0.29) is 6.04 Å². The second-order valence-electron chi connectivity index (χ2n) is 3.14. The van der Waals surface area contributed by atoms with Crippen LogP contribution in [0.2, 0.25) is 0 Å². The van der Waals surface area contributed by atoms with Crippen LogP contribution in [0.3, 0.4) is 0 Å². The van der Waals surface area contributed by atoms with Crippen LogP contribution in [0, 0.1) is 0 Å². The molecule has 4 heteroatoms. The van der Waals surface area contributed by atoms with Crippen LogP contribution in [-0.2, 0) is 0 Å². The number of thiol groups is 1. The number of hydrogen-bond donors (Lipinski definition) is 2. The molecule has 2 rings (SSSR count). The number of nitrogens with one attached hydrogen (secondary N) is 1. The Labute approximate surface area is 88.8 Å². The molecule has 14 heavy (non-hydrogen) atoms. The minimum Gasteiger partial charge on any atom is -0.454 e. The summed E-state index contributed by atoms with van der Waals surface area (Å²) in [5.41, 5.74) is 1.17. The summed E-state index contributed by atoms with van der Waals surface area (Å²) in [4.78, 5) is 0. The van der Waals surface area contributed by atoms with Crippen molar-refractivity contribution < 1.29 is 9.47 Å². The van der Waals surface area contributed by atoms with Gasteiger partial charge in [0.2, 0.25) is 6.79 Å². The maximum Gasteiger partial charge on any atom is 0.231 e. The lowest BCUT2D eigenvalue weighted by molar-refractivity contribution is 0.174. The summed E-state index contributed by atoms with van der Waals surface area (Å²) in [5, 5.41) is 3.19. The normalized spacial score (nSPS) is 15.6. The first-order chi connectivity index (χ1) is 6.85. The second-order valence-corrected chi connectivity index (χ2v) is 3.50. The van der Waals surface area contributed by atoms with Crippen molar-refractivity contribution in [2.75, 3.05) is 19.6 Å². The van der Waals surface area contributed by atoms with Gasteiger partial charge in [0.25, 0.3) is 0 Å². The summed E-state index contributed by atoms with van der Waals surface area (Å²) in [6.45, 7) is 0.323. The minimum atomic E-state index is 0.257. The Bertz CT molecular complexity index is 326. The number of hydrogen-bond acceptors (Lipinski definition) is 4. The molecule has 1 aromatic rings. The van der Waals surface area contributed by atoms with Gasteiger partial charge in [0, 0.05) is 11.8 Å². The molecule has 0 bridgehead atoms. The fraction of sp³-hybridized carbons (Fsp3) is 0.400. The van der Waals surface area contributed by atoms with E-state index in [1.165, 1.54) is 5.56 Å². The molecule has 0 saturated heterocycles. The van der Waals surface area contributed by atoms with Crippen molar-refractivity contribution >= 4 is 12.6 Å². The Kier molecular flexibility index (Phi) is 2.84. The maximum atomic E-state index is 5.30. The quantitative estimate of drug-likeness (QED) is 0.745. The van der Waals surface area contributed by atoms with Crippen molar-refractivity contribution in [3.8, 4) is 11.5 Å². The van der Waals surface area contributed by atoms with Gasteiger partial charge in [0.1, 0.15) is 0 Å². The summed E-state index contributed by atoms with van der Waals surface area (Å²) in [7, 11) is 1.92. The lowest BCUT2D eigenvalue weighted by atomic mass is 10.1. The van der Waals surface area contributed by atoms with Crippen molar-refractivity contribution in [2.24, 2.45) is 0 Å². The van der Waals surface area contributed by atoms with Crippen LogP contribution in [-0.4, -0.2) is 19.6 Å². The Balaban J connectivity index is 2.27. The van der Waals surface area contributed by atoms with E-state index in [0.717, 1.165) is 17.3 Å². The molecule has 0 spiro atoms. The van der Waals surface area contributed by atoms with Gasteiger partial charge in [-0.05, 0) is 24.7 Å². The third-order valence-electron chi connectivity index (χ3n) is 2.33. The first-order valence-corrected chi connectivity index (χ1v) is 5.16. The largest absolute Gasteiger partial charge is 0.454 e. The van der Waals surface area contributed by atoms with Crippen molar-refractivity contribution in [3.05, 3.63) is 23.8 Å². The van der Waals surface area contributed by atoms with Crippen molar-refractivity contribution in [3.63, 3.8) is 0 Å². The molecular formula is C10H13NO2S. The van der Waals surface area contributed by atoms with Crippen LogP contribution >= 0.6 is 12.6 Å². The van der Waals surface area contributed by atoms with Gasteiger partial charge in [-0.25, -0.2) is 0 Å². The number of ether oxygens (including phenoxy) is 2. The molecule has 1 atom stereocenters. The van der Waals surface area contributed by atoms with E-state index < -0.39 is 0 Å². The highest BCUT2D eigenvalue weighted by Gasteiger charge is 2.15. The Hall–Kier alpha value is -0.870. The monoisotopic (exact) mass is 211 g/mol. The summed E-state index contributed by atoms with van der Waals surface area (Å²) >= 11 is 4.28. The van der Waals surface area contributed by atoms with Crippen LogP contribution in [0.5, 0.6) is 11.5 Å². The molecule has 0 amide bonds. The molecule has 0 fully saturated rings. The number of rotatable bonds is 3. The van der Waals surface area contributed by atoms with Gasteiger partial charge in [-0.1, -0.05) is 6.07 Å². The SMILES string of the molecule is CNC(CS)c1ccc2c(c1)OCO2. The van der Waals surface area contributed by atoms with E-state index in [0.29, 0.717) is 6.79 Å². The highest BCUT2D eigenvalue weighted by Crippen LogP contribution is 2.34. The molecule has 76 valence electrons. The van der Waals surface area contributed by atoms with Gasteiger partial charge in [0.15, 0.2) is 11.5 Å². The van der Waals surface area contributed by atoms with Gasteiger partial charge in [0.05, 0.1) is 0 Å². The molecule has 1 aliphatic heterocycles. The molecule has 1 aliphatic rings. The van der Waals surface area contributed by atoms with Gasteiger partial charge in [-0.3, -0.25) is 0 Å². The number of benzene rings is 1. The molecule has 0 aliphatic carbocycles. The Morgan fingerprint density at radius 2 is 2.21 bits per heavy atom. The van der Waals surface area contributed by atoms with Crippen molar-refractivity contribution in [2.45, 2.75) is 6.04 Å². The fourth-order valence-corrected chi connectivity index (χ4v) is 1.89. The van der Waals surface area contributed by atoms with E-state index >= 15 is 0 Å². The summed E-state index contributed by atoms with van der Waals surface area (Å²) < 4.78 is 10.5.